The number of aromatic nitrogens is 2. The van der Waals surface area contributed by atoms with Crippen LogP contribution in [0.2, 0.25) is 0 Å². The molecule has 0 radical (unpaired) electrons. The summed E-state index contributed by atoms with van der Waals surface area (Å²) in [6.45, 7) is 3.96. The van der Waals surface area contributed by atoms with Gasteiger partial charge in [-0.2, -0.15) is 4.98 Å². The molecule has 0 spiro atoms. The van der Waals surface area contributed by atoms with E-state index >= 15 is 0 Å². The predicted molar refractivity (Wildman–Crippen MR) is 74.1 cm³/mol. The summed E-state index contributed by atoms with van der Waals surface area (Å²) in [5.74, 6) is 0.601. The molecule has 2 rings (SSSR count). The van der Waals surface area contributed by atoms with Crippen LogP contribution in [0.25, 0.3) is 11.4 Å². The van der Waals surface area contributed by atoms with E-state index in [4.69, 9.17) is 10.3 Å². The lowest BCUT2D eigenvalue weighted by Gasteiger charge is -2.13. The number of nitrogens with two attached hydrogens (primary N) is 1. The summed E-state index contributed by atoms with van der Waals surface area (Å²) >= 11 is 3.29. The molecule has 1 heterocycles. The van der Waals surface area contributed by atoms with Gasteiger partial charge in [-0.1, -0.05) is 19.0 Å². The second-order valence-corrected chi connectivity index (χ2v) is 5.30. The fraction of sp³-hybridized carbons (Fsp3) is 0.385. The van der Waals surface area contributed by atoms with Crippen LogP contribution in [0.4, 0.5) is 4.39 Å². The van der Waals surface area contributed by atoms with Gasteiger partial charge in [-0.25, -0.2) is 4.39 Å². The van der Waals surface area contributed by atoms with E-state index in [0.717, 1.165) is 6.42 Å². The highest BCUT2D eigenvalue weighted by molar-refractivity contribution is 9.10. The molecule has 19 heavy (non-hydrogen) atoms. The predicted octanol–water partition coefficient (Wildman–Crippen LogP) is 3.48. The van der Waals surface area contributed by atoms with Crippen molar-refractivity contribution in [2.45, 2.75) is 32.2 Å². The molecule has 0 aliphatic carbocycles. The van der Waals surface area contributed by atoms with Crippen LogP contribution in [-0.4, -0.2) is 16.2 Å². The first-order valence-corrected chi connectivity index (χ1v) is 6.86. The van der Waals surface area contributed by atoms with Crippen molar-refractivity contribution >= 4 is 15.9 Å². The maximum atomic E-state index is 13.0. The number of hydrogen-bond acceptors (Lipinski definition) is 4. The lowest BCUT2D eigenvalue weighted by atomic mass is 10.0. The highest BCUT2D eigenvalue weighted by atomic mass is 79.9. The molecule has 0 aliphatic heterocycles. The van der Waals surface area contributed by atoms with E-state index in [1.54, 1.807) is 6.07 Å². The Morgan fingerprint density at radius 2 is 2.21 bits per heavy atom. The van der Waals surface area contributed by atoms with Crippen molar-refractivity contribution in [3.63, 3.8) is 0 Å². The van der Waals surface area contributed by atoms with Crippen molar-refractivity contribution in [3.05, 3.63) is 34.4 Å². The monoisotopic (exact) mass is 327 g/mol. The summed E-state index contributed by atoms with van der Waals surface area (Å²) in [6, 6.07) is 4.31. The summed E-state index contributed by atoms with van der Waals surface area (Å²) in [7, 11) is 0. The van der Waals surface area contributed by atoms with Crippen LogP contribution < -0.4 is 5.73 Å². The van der Waals surface area contributed by atoms with Crippen LogP contribution in [0.15, 0.2) is 27.2 Å². The highest BCUT2D eigenvalue weighted by Crippen LogP contribution is 2.28. The molecule has 0 saturated carbocycles. The SMILES string of the molecule is CCC(N)C(C)c1nc(-c2ccc(F)cc2Br)no1. The molecule has 0 amide bonds. The first-order chi connectivity index (χ1) is 9.02. The van der Waals surface area contributed by atoms with E-state index in [1.165, 1.54) is 12.1 Å². The Morgan fingerprint density at radius 1 is 1.47 bits per heavy atom. The van der Waals surface area contributed by atoms with Gasteiger partial charge in [0.05, 0.1) is 5.92 Å². The van der Waals surface area contributed by atoms with Gasteiger partial charge in [-0.3, -0.25) is 0 Å². The van der Waals surface area contributed by atoms with Crippen LogP contribution in [0.5, 0.6) is 0 Å². The lowest BCUT2D eigenvalue weighted by Crippen LogP contribution is -2.25. The zero-order valence-corrected chi connectivity index (χ0v) is 12.3. The van der Waals surface area contributed by atoms with Crippen molar-refractivity contribution in [2.75, 3.05) is 0 Å². The van der Waals surface area contributed by atoms with Gasteiger partial charge in [0.2, 0.25) is 11.7 Å². The van der Waals surface area contributed by atoms with Gasteiger partial charge in [0.25, 0.3) is 0 Å². The molecule has 0 aliphatic rings. The number of nitrogens with zero attached hydrogens (tertiary/aromatic N) is 2. The van der Waals surface area contributed by atoms with Crippen LogP contribution in [0, 0.1) is 5.82 Å². The Hall–Kier alpha value is -1.27. The van der Waals surface area contributed by atoms with E-state index < -0.39 is 0 Å². The van der Waals surface area contributed by atoms with Crippen molar-refractivity contribution in [1.82, 2.24) is 10.1 Å². The average Bonchev–Trinajstić information content (AvgIpc) is 2.86. The summed E-state index contributed by atoms with van der Waals surface area (Å²) in [5.41, 5.74) is 6.65. The Labute approximate surface area is 119 Å². The van der Waals surface area contributed by atoms with Crippen molar-refractivity contribution in [2.24, 2.45) is 5.73 Å². The van der Waals surface area contributed by atoms with Crippen LogP contribution >= 0.6 is 15.9 Å². The van der Waals surface area contributed by atoms with E-state index in [-0.39, 0.29) is 17.8 Å². The maximum absolute atomic E-state index is 13.0. The summed E-state index contributed by atoms with van der Waals surface area (Å²) in [6.07, 6.45) is 0.832. The fourth-order valence-electron chi connectivity index (χ4n) is 1.74. The summed E-state index contributed by atoms with van der Waals surface area (Å²) in [5, 5.41) is 3.92. The van der Waals surface area contributed by atoms with E-state index in [9.17, 15) is 4.39 Å². The van der Waals surface area contributed by atoms with Crippen LogP contribution in [0.3, 0.4) is 0 Å². The Bertz CT molecular complexity index is 573. The molecule has 2 N–H and O–H groups in total. The first-order valence-electron chi connectivity index (χ1n) is 6.07. The number of benzene rings is 1. The van der Waals surface area contributed by atoms with Crippen molar-refractivity contribution in [3.8, 4) is 11.4 Å². The molecule has 1 aromatic carbocycles. The first kappa shape index (κ1) is 14.1. The van der Waals surface area contributed by atoms with Crippen LogP contribution in [-0.2, 0) is 0 Å². The molecule has 4 nitrogen and oxygen atoms in total. The Kier molecular flexibility index (Phi) is 4.31. The van der Waals surface area contributed by atoms with Gasteiger partial charge < -0.3 is 10.3 Å². The molecule has 0 bridgehead atoms. The molecule has 102 valence electrons. The molecule has 2 unspecified atom stereocenters. The minimum Gasteiger partial charge on any atom is -0.339 e. The van der Waals surface area contributed by atoms with Gasteiger partial charge in [0.1, 0.15) is 5.82 Å². The maximum Gasteiger partial charge on any atom is 0.231 e. The average molecular weight is 328 g/mol. The third-order valence-electron chi connectivity index (χ3n) is 3.12. The van der Waals surface area contributed by atoms with Crippen molar-refractivity contribution in [1.29, 1.82) is 0 Å². The molecule has 1 aromatic heterocycles. The number of halogens is 2. The standard InChI is InChI=1S/C13H15BrFN3O/c1-3-11(16)7(2)13-17-12(18-19-13)9-5-4-8(15)6-10(9)14/h4-7,11H,3,16H2,1-2H3. The topological polar surface area (TPSA) is 64.9 Å². The summed E-state index contributed by atoms with van der Waals surface area (Å²) in [4.78, 5) is 4.33. The molecule has 0 fully saturated rings. The quantitative estimate of drug-likeness (QED) is 0.933. The third-order valence-corrected chi connectivity index (χ3v) is 3.77. The minimum absolute atomic E-state index is 0.00882. The smallest absolute Gasteiger partial charge is 0.231 e. The molecular weight excluding hydrogens is 313 g/mol. The Morgan fingerprint density at radius 3 is 2.84 bits per heavy atom. The normalized spacial score (nSPS) is 14.4. The number of rotatable bonds is 4. The second-order valence-electron chi connectivity index (χ2n) is 4.44. The van der Waals surface area contributed by atoms with E-state index in [1.807, 2.05) is 13.8 Å². The van der Waals surface area contributed by atoms with Gasteiger partial charge in [-0.15, -0.1) is 0 Å². The van der Waals surface area contributed by atoms with Gasteiger partial charge in [0.15, 0.2) is 0 Å². The van der Waals surface area contributed by atoms with Gasteiger partial charge >= 0.3 is 0 Å². The molecule has 2 aromatic rings. The molecular formula is C13H15BrFN3O. The largest absolute Gasteiger partial charge is 0.339 e. The molecule has 6 heteroatoms. The summed E-state index contributed by atoms with van der Waals surface area (Å²) < 4.78 is 18.9. The zero-order valence-electron chi connectivity index (χ0n) is 10.7. The van der Waals surface area contributed by atoms with E-state index in [2.05, 4.69) is 26.1 Å². The molecule has 0 saturated heterocycles. The number of hydrogen-bond donors (Lipinski definition) is 1. The van der Waals surface area contributed by atoms with Gasteiger partial charge in [0, 0.05) is 16.1 Å². The van der Waals surface area contributed by atoms with Gasteiger partial charge in [-0.05, 0) is 40.5 Å². The van der Waals surface area contributed by atoms with Crippen LogP contribution in [0.1, 0.15) is 32.1 Å². The van der Waals surface area contributed by atoms with E-state index in [0.29, 0.717) is 21.8 Å². The Balaban J connectivity index is 2.30. The third kappa shape index (κ3) is 3.01. The fourth-order valence-corrected chi connectivity index (χ4v) is 2.27. The van der Waals surface area contributed by atoms with Crippen molar-refractivity contribution < 1.29 is 8.91 Å². The highest BCUT2D eigenvalue weighted by Gasteiger charge is 2.21. The lowest BCUT2D eigenvalue weighted by molar-refractivity contribution is 0.340. The zero-order chi connectivity index (χ0) is 14.0. The second kappa shape index (κ2) is 5.79. The minimum atomic E-state index is -0.319. The molecule has 2 atom stereocenters.